The normalized spacial score (nSPS) is 12.3. The Morgan fingerprint density at radius 3 is 2.48 bits per heavy atom. The van der Waals surface area contributed by atoms with Gasteiger partial charge in [0.2, 0.25) is 5.76 Å². The van der Waals surface area contributed by atoms with Gasteiger partial charge >= 0.3 is 12.1 Å². The summed E-state index contributed by atoms with van der Waals surface area (Å²) in [7, 11) is 0. The molecule has 1 atom stereocenters. The Balaban J connectivity index is 2.16. The molecule has 2 aromatic rings. The summed E-state index contributed by atoms with van der Waals surface area (Å²) in [6.45, 7) is 1.14. The number of nitro groups is 1. The van der Waals surface area contributed by atoms with Gasteiger partial charge in [0.05, 0.1) is 16.2 Å². The number of furan rings is 1. The van der Waals surface area contributed by atoms with Crippen LogP contribution in [0.1, 0.15) is 23.0 Å². The number of carbonyl (C=O) groups is 2. The summed E-state index contributed by atoms with van der Waals surface area (Å²) in [5.41, 5.74) is -2.90. The van der Waals surface area contributed by atoms with Crippen LogP contribution in [-0.4, -0.2) is 22.9 Å². The zero-order valence-corrected chi connectivity index (χ0v) is 15.0. The fourth-order valence-corrected chi connectivity index (χ4v) is 2.23. The van der Waals surface area contributed by atoms with Crippen molar-refractivity contribution >= 4 is 39.2 Å². The molecule has 1 unspecified atom stereocenters. The average molecular weight is 451 g/mol. The van der Waals surface area contributed by atoms with E-state index in [-0.39, 0.29) is 10.4 Å². The van der Waals surface area contributed by atoms with E-state index >= 15 is 0 Å². The van der Waals surface area contributed by atoms with E-state index in [4.69, 9.17) is 9.15 Å². The van der Waals surface area contributed by atoms with Crippen LogP contribution in [0.2, 0.25) is 0 Å². The molecule has 0 aliphatic rings. The highest BCUT2D eigenvalue weighted by Gasteiger charge is 2.36. The van der Waals surface area contributed by atoms with Crippen LogP contribution in [0.4, 0.5) is 24.5 Å². The number of halogens is 4. The van der Waals surface area contributed by atoms with E-state index in [1.165, 1.54) is 12.1 Å². The van der Waals surface area contributed by atoms with Crippen molar-refractivity contribution in [1.29, 1.82) is 0 Å². The van der Waals surface area contributed by atoms with E-state index in [2.05, 4.69) is 15.9 Å². The Hall–Kier alpha value is -2.89. The van der Waals surface area contributed by atoms with Crippen LogP contribution >= 0.6 is 15.9 Å². The number of nitrogens with zero attached hydrogens (tertiary/aromatic N) is 1. The molecule has 0 saturated heterocycles. The molecule has 2 rings (SSSR count). The number of amides is 1. The molecule has 27 heavy (non-hydrogen) atoms. The van der Waals surface area contributed by atoms with Crippen molar-refractivity contribution in [2.24, 2.45) is 0 Å². The minimum absolute atomic E-state index is 0.215. The minimum Gasteiger partial charge on any atom is -0.447 e. The number of hydrogen-bond acceptors (Lipinski definition) is 6. The fourth-order valence-electron chi connectivity index (χ4n) is 1.92. The third kappa shape index (κ3) is 5.06. The molecule has 1 aromatic heterocycles. The van der Waals surface area contributed by atoms with Crippen LogP contribution in [-0.2, 0) is 15.7 Å². The number of anilines is 1. The predicted octanol–water partition coefficient (Wildman–Crippen LogP) is 4.15. The summed E-state index contributed by atoms with van der Waals surface area (Å²) in [5.74, 6) is -2.27. The highest BCUT2D eigenvalue weighted by molar-refractivity contribution is 9.10. The molecule has 1 N–H and O–H groups in total. The maximum Gasteiger partial charge on any atom is 0.418 e. The van der Waals surface area contributed by atoms with Gasteiger partial charge in [0.15, 0.2) is 10.8 Å². The molecular weight excluding hydrogens is 441 g/mol. The molecule has 0 bridgehead atoms. The Kier molecular flexibility index (Phi) is 5.88. The topological polar surface area (TPSA) is 112 Å². The summed E-state index contributed by atoms with van der Waals surface area (Å²) in [4.78, 5) is 33.5. The zero-order valence-electron chi connectivity index (χ0n) is 13.4. The van der Waals surface area contributed by atoms with Crippen LogP contribution in [0, 0.1) is 10.1 Å². The second-order valence-corrected chi connectivity index (χ2v) is 5.91. The number of non-ortho nitro benzene ring substituents is 1. The van der Waals surface area contributed by atoms with E-state index in [9.17, 15) is 32.9 Å². The standard InChI is InChI=1S/C15H10BrF3N2O6/c1-7(26-14(23)11-4-5-12(16)27-11)13(22)20-10-3-2-8(21(24)25)6-9(10)15(17,18)19/h2-7H,1H3,(H,20,22). The van der Waals surface area contributed by atoms with Gasteiger partial charge < -0.3 is 14.5 Å². The van der Waals surface area contributed by atoms with Crippen molar-refractivity contribution in [2.45, 2.75) is 19.2 Å². The number of ether oxygens (including phenoxy) is 1. The van der Waals surface area contributed by atoms with Crippen molar-refractivity contribution < 1.29 is 36.8 Å². The third-order valence-electron chi connectivity index (χ3n) is 3.20. The van der Waals surface area contributed by atoms with Gasteiger partial charge in [-0.25, -0.2) is 4.79 Å². The van der Waals surface area contributed by atoms with E-state index in [0.29, 0.717) is 6.07 Å². The Morgan fingerprint density at radius 1 is 1.30 bits per heavy atom. The second kappa shape index (κ2) is 7.78. The summed E-state index contributed by atoms with van der Waals surface area (Å²) in [5, 5.41) is 12.6. The molecule has 0 aliphatic carbocycles. The molecule has 0 saturated carbocycles. The van der Waals surface area contributed by atoms with Crippen LogP contribution < -0.4 is 5.32 Å². The number of nitrogens with one attached hydrogen (secondary N) is 1. The molecule has 1 amide bonds. The third-order valence-corrected chi connectivity index (χ3v) is 3.63. The lowest BCUT2D eigenvalue weighted by Crippen LogP contribution is -2.30. The molecule has 12 heteroatoms. The number of rotatable bonds is 5. The molecule has 144 valence electrons. The first-order valence-electron chi connectivity index (χ1n) is 7.12. The van der Waals surface area contributed by atoms with Gasteiger partial charge in [0.1, 0.15) is 0 Å². The van der Waals surface area contributed by atoms with E-state index in [1.54, 1.807) is 0 Å². The maximum atomic E-state index is 13.1. The SMILES string of the molecule is CC(OC(=O)c1ccc(Br)o1)C(=O)Nc1ccc([N+](=O)[O-])cc1C(F)(F)F. The van der Waals surface area contributed by atoms with Crippen molar-refractivity contribution in [2.75, 3.05) is 5.32 Å². The lowest BCUT2D eigenvalue weighted by Gasteiger charge is -2.16. The first-order valence-corrected chi connectivity index (χ1v) is 7.91. The predicted molar refractivity (Wildman–Crippen MR) is 88.0 cm³/mol. The van der Waals surface area contributed by atoms with Crippen molar-refractivity contribution in [1.82, 2.24) is 0 Å². The van der Waals surface area contributed by atoms with Gasteiger partial charge in [0, 0.05) is 12.1 Å². The summed E-state index contributed by atoms with van der Waals surface area (Å²) in [6, 6.07) is 4.54. The largest absolute Gasteiger partial charge is 0.447 e. The van der Waals surface area contributed by atoms with Gasteiger partial charge in [-0.3, -0.25) is 14.9 Å². The van der Waals surface area contributed by atoms with Crippen LogP contribution in [0.25, 0.3) is 0 Å². The molecule has 0 radical (unpaired) electrons. The van der Waals surface area contributed by atoms with Crippen molar-refractivity contribution in [3.8, 4) is 0 Å². The van der Waals surface area contributed by atoms with Crippen LogP contribution in [0.15, 0.2) is 39.4 Å². The molecule has 8 nitrogen and oxygen atoms in total. The summed E-state index contributed by atoms with van der Waals surface area (Å²) in [6.07, 6.45) is -6.41. The molecule has 1 heterocycles. The molecule has 0 aliphatic heterocycles. The number of esters is 1. The fraction of sp³-hybridized carbons (Fsp3) is 0.200. The molecular formula is C15H10BrF3N2O6. The zero-order chi connectivity index (χ0) is 20.4. The highest BCUT2D eigenvalue weighted by Crippen LogP contribution is 2.37. The first-order chi connectivity index (χ1) is 12.5. The van der Waals surface area contributed by atoms with Gasteiger partial charge in [-0.1, -0.05) is 0 Å². The van der Waals surface area contributed by atoms with Gasteiger partial charge in [0.25, 0.3) is 11.6 Å². The second-order valence-electron chi connectivity index (χ2n) is 5.13. The van der Waals surface area contributed by atoms with Gasteiger partial charge in [-0.05, 0) is 41.1 Å². The Morgan fingerprint density at radius 2 is 1.96 bits per heavy atom. The minimum atomic E-state index is -4.95. The number of alkyl halides is 3. The van der Waals surface area contributed by atoms with E-state index in [0.717, 1.165) is 19.1 Å². The van der Waals surface area contributed by atoms with E-state index < -0.39 is 46.0 Å². The number of nitro benzene ring substituents is 1. The van der Waals surface area contributed by atoms with Crippen molar-refractivity contribution in [3.63, 3.8) is 0 Å². The lowest BCUT2D eigenvalue weighted by molar-refractivity contribution is -0.385. The molecule has 1 aromatic carbocycles. The maximum absolute atomic E-state index is 13.1. The van der Waals surface area contributed by atoms with Crippen LogP contribution in [0.5, 0.6) is 0 Å². The molecule has 0 spiro atoms. The Labute approximate surface area is 157 Å². The van der Waals surface area contributed by atoms with E-state index in [1.807, 2.05) is 5.32 Å². The summed E-state index contributed by atoms with van der Waals surface area (Å²) >= 11 is 2.97. The number of hydrogen-bond donors (Lipinski definition) is 1. The number of benzene rings is 1. The van der Waals surface area contributed by atoms with Crippen LogP contribution in [0.3, 0.4) is 0 Å². The summed E-state index contributed by atoms with van der Waals surface area (Å²) < 4.78 is 49.3. The molecule has 0 fully saturated rings. The lowest BCUT2D eigenvalue weighted by atomic mass is 10.1. The average Bonchev–Trinajstić information content (AvgIpc) is 3.00. The monoisotopic (exact) mass is 450 g/mol. The smallest absolute Gasteiger partial charge is 0.418 e. The first kappa shape index (κ1) is 20.4. The number of carbonyl (C=O) groups excluding carboxylic acids is 2. The quantitative estimate of drug-likeness (QED) is 0.415. The van der Waals surface area contributed by atoms with Gasteiger partial charge in [-0.15, -0.1) is 0 Å². The van der Waals surface area contributed by atoms with Crippen molar-refractivity contribution in [3.05, 3.63) is 56.4 Å². The Bertz CT molecular complexity index is 896. The highest BCUT2D eigenvalue weighted by atomic mass is 79.9. The van der Waals surface area contributed by atoms with Gasteiger partial charge in [-0.2, -0.15) is 13.2 Å².